The first-order valence-electron chi connectivity index (χ1n) is 14.8. The summed E-state index contributed by atoms with van der Waals surface area (Å²) in [5.41, 5.74) is 1.32. The van der Waals surface area contributed by atoms with Crippen LogP contribution in [0.3, 0.4) is 0 Å². The van der Waals surface area contributed by atoms with Crippen LogP contribution in [0.25, 0.3) is 0 Å². The highest BCUT2D eigenvalue weighted by atomic mass is 79.9. The van der Waals surface area contributed by atoms with Crippen molar-refractivity contribution in [2.24, 2.45) is 11.8 Å². The molecule has 3 aliphatic rings. The monoisotopic (exact) mass is 659 g/mol. The lowest BCUT2D eigenvalue weighted by Crippen LogP contribution is -2.57. The molecule has 3 heterocycles. The number of esters is 1. The average Bonchev–Trinajstić information content (AvgIpc) is 3.56. The molecule has 3 fully saturated rings. The molecule has 43 heavy (non-hydrogen) atoms. The number of carbonyl (C=O) groups excluding carboxylic acids is 4. The van der Waals surface area contributed by atoms with E-state index in [9.17, 15) is 24.3 Å². The average molecular weight is 661 g/mol. The van der Waals surface area contributed by atoms with Crippen molar-refractivity contribution in [2.75, 3.05) is 31.1 Å². The van der Waals surface area contributed by atoms with E-state index in [1.165, 1.54) is 4.90 Å². The van der Waals surface area contributed by atoms with Crippen LogP contribution in [-0.2, 0) is 28.7 Å². The number of nitrogens with zero attached hydrogens (tertiary/aromatic N) is 2. The normalized spacial score (nSPS) is 27.9. The Balaban J connectivity index is 1.65. The van der Waals surface area contributed by atoms with E-state index in [1.807, 2.05) is 32.0 Å². The molecule has 1 aromatic carbocycles. The molecule has 1 spiro atoms. The number of alkyl halides is 1. The van der Waals surface area contributed by atoms with Gasteiger partial charge in [0.15, 0.2) is 0 Å². The van der Waals surface area contributed by atoms with Gasteiger partial charge in [-0.1, -0.05) is 40.2 Å². The lowest BCUT2D eigenvalue weighted by Gasteiger charge is -2.37. The fourth-order valence-electron chi connectivity index (χ4n) is 6.65. The first-order valence-corrected chi connectivity index (χ1v) is 15.7. The molecule has 3 aliphatic heterocycles. The van der Waals surface area contributed by atoms with Gasteiger partial charge >= 0.3 is 5.97 Å². The fraction of sp³-hybridized carbons (Fsp3) is 0.562. The zero-order valence-corrected chi connectivity index (χ0v) is 26.7. The zero-order valence-electron chi connectivity index (χ0n) is 25.1. The Hall–Kier alpha value is -3.02. The van der Waals surface area contributed by atoms with Gasteiger partial charge in [-0.2, -0.15) is 0 Å². The topological polar surface area (TPSA) is 125 Å². The van der Waals surface area contributed by atoms with Crippen molar-refractivity contribution in [1.29, 1.82) is 0 Å². The third kappa shape index (κ3) is 6.30. The number of aryl methyl sites for hydroxylation is 2. The molecule has 11 heteroatoms. The number of anilines is 1. The number of halogens is 1. The Morgan fingerprint density at radius 2 is 2.05 bits per heavy atom. The van der Waals surface area contributed by atoms with Gasteiger partial charge in [0.1, 0.15) is 17.7 Å². The second kappa shape index (κ2) is 13.7. The number of likely N-dealkylation sites (tertiary alicyclic amines) is 1. The van der Waals surface area contributed by atoms with Gasteiger partial charge in [-0.25, -0.2) is 0 Å². The number of hydrogen-bond acceptors (Lipinski definition) is 7. The van der Waals surface area contributed by atoms with E-state index in [2.05, 4.69) is 34.4 Å². The van der Waals surface area contributed by atoms with E-state index >= 15 is 0 Å². The van der Waals surface area contributed by atoms with Crippen molar-refractivity contribution in [3.8, 4) is 0 Å². The Morgan fingerprint density at radius 1 is 1.30 bits per heavy atom. The molecule has 0 aliphatic carbocycles. The maximum Gasteiger partial charge on any atom is 0.312 e. The van der Waals surface area contributed by atoms with E-state index < -0.39 is 41.7 Å². The summed E-state index contributed by atoms with van der Waals surface area (Å²) < 4.78 is 12.3. The number of ether oxygens (including phenoxy) is 2. The van der Waals surface area contributed by atoms with Gasteiger partial charge in [-0.15, -0.1) is 13.2 Å². The second-order valence-electron chi connectivity index (χ2n) is 11.7. The Kier molecular flexibility index (Phi) is 10.5. The lowest BCUT2D eigenvalue weighted by atomic mass is 9.70. The minimum atomic E-state index is -1.26. The Labute approximate surface area is 261 Å². The molecular weight excluding hydrogens is 618 g/mol. The number of fused-ring (bicyclic) bond motifs is 1. The van der Waals surface area contributed by atoms with Crippen LogP contribution in [0.2, 0.25) is 0 Å². The molecule has 1 aromatic rings. The van der Waals surface area contributed by atoms with Crippen molar-refractivity contribution in [2.45, 2.75) is 75.1 Å². The molecular formula is C32H42BrN3O7. The molecule has 2 bridgehead atoms. The number of carbonyl (C=O) groups is 4. The smallest absolute Gasteiger partial charge is 0.312 e. The van der Waals surface area contributed by atoms with Gasteiger partial charge in [0, 0.05) is 36.6 Å². The fourth-order valence-corrected chi connectivity index (χ4v) is 7.59. The first-order chi connectivity index (χ1) is 20.5. The lowest BCUT2D eigenvalue weighted by molar-refractivity contribution is -0.159. The molecule has 10 nitrogen and oxygen atoms in total. The van der Waals surface area contributed by atoms with Gasteiger partial charge in [-0.3, -0.25) is 19.2 Å². The van der Waals surface area contributed by atoms with Crippen LogP contribution >= 0.6 is 15.9 Å². The van der Waals surface area contributed by atoms with Crippen LogP contribution in [0.15, 0.2) is 43.5 Å². The SMILES string of the molecule is C=CCCC(=O)NC[C@@H](C)OC(=O)[C@H]1[C@@H]2O[C@@]3(CC2Br)[C@@H]1C(=O)N(CCCO)[C@@H]3C(=O)N(CC=C)c1cc(C)ccc1C. The molecule has 2 N–H and O–H groups in total. The maximum atomic E-state index is 14.6. The van der Waals surface area contributed by atoms with Crippen LogP contribution in [0.5, 0.6) is 0 Å². The van der Waals surface area contributed by atoms with Crippen LogP contribution < -0.4 is 10.2 Å². The van der Waals surface area contributed by atoms with E-state index in [0.717, 1.165) is 11.1 Å². The van der Waals surface area contributed by atoms with E-state index in [4.69, 9.17) is 9.47 Å². The number of nitrogens with one attached hydrogen (secondary N) is 1. The summed E-state index contributed by atoms with van der Waals surface area (Å²) in [7, 11) is 0. The predicted octanol–water partition coefficient (Wildman–Crippen LogP) is 2.97. The van der Waals surface area contributed by atoms with Gasteiger partial charge < -0.3 is 29.7 Å². The Bertz CT molecular complexity index is 1270. The second-order valence-corrected chi connectivity index (χ2v) is 12.9. The summed E-state index contributed by atoms with van der Waals surface area (Å²) in [4.78, 5) is 57.2. The van der Waals surface area contributed by atoms with Crippen molar-refractivity contribution < 1.29 is 33.8 Å². The number of amides is 3. The van der Waals surface area contributed by atoms with E-state index in [-0.39, 0.29) is 61.6 Å². The zero-order chi connectivity index (χ0) is 31.5. The molecule has 0 aromatic heterocycles. The van der Waals surface area contributed by atoms with Crippen LogP contribution in [0.1, 0.15) is 43.7 Å². The van der Waals surface area contributed by atoms with Crippen LogP contribution in [0.4, 0.5) is 5.69 Å². The summed E-state index contributed by atoms with van der Waals surface area (Å²) >= 11 is 3.67. The van der Waals surface area contributed by atoms with Crippen molar-refractivity contribution in [3.05, 3.63) is 54.6 Å². The van der Waals surface area contributed by atoms with Gasteiger partial charge in [-0.05, 0) is 57.2 Å². The van der Waals surface area contributed by atoms with Gasteiger partial charge in [0.05, 0.1) is 24.5 Å². The highest BCUT2D eigenvalue weighted by molar-refractivity contribution is 9.09. The summed E-state index contributed by atoms with van der Waals surface area (Å²) in [6.45, 7) is 13.3. The molecule has 7 atom stereocenters. The van der Waals surface area contributed by atoms with Crippen molar-refractivity contribution in [3.63, 3.8) is 0 Å². The number of benzene rings is 1. The summed E-state index contributed by atoms with van der Waals surface area (Å²) in [5.74, 6) is -3.33. The molecule has 3 amide bonds. The number of allylic oxidation sites excluding steroid dienone is 1. The number of rotatable bonds is 14. The van der Waals surface area contributed by atoms with Crippen LogP contribution in [-0.4, -0.2) is 88.6 Å². The van der Waals surface area contributed by atoms with Crippen molar-refractivity contribution >= 4 is 45.3 Å². The molecule has 234 valence electrons. The molecule has 0 saturated carbocycles. The van der Waals surface area contributed by atoms with Gasteiger partial charge in [0.2, 0.25) is 11.8 Å². The highest BCUT2D eigenvalue weighted by Crippen LogP contribution is 2.60. The van der Waals surface area contributed by atoms with Gasteiger partial charge in [0.25, 0.3) is 5.91 Å². The minimum absolute atomic E-state index is 0.123. The number of aliphatic hydroxyl groups excluding tert-OH is 1. The predicted molar refractivity (Wildman–Crippen MR) is 166 cm³/mol. The summed E-state index contributed by atoms with van der Waals surface area (Å²) in [6.07, 6.45) is 3.44. The highest BCUT2D eigenvalue weighted by Gasteiger charge is 2.77. The van der Waals surface area contributed by atoms with E-state index in [1.54, 1.807) is 24.0 Å². The number of hydrogen-bond donors (Lipinski definition) is 2. The minimum Gasteiger partial charge on any atom is -0.460 e. The number of aliphatic hydroxyl groups is 1. The van der Waals surface area contributed by atoms with Crippen LogP contribution in [0, 0.1) is 25.7 Å². The molecule has 0 radical (unpaired) electrons. The van der Waals surface area contributed by atoms with E-state index in [0.29, 0.717) is 18.5 Å². The summed E-state index contributed by atoms with van der Waals surface area (Å²) in [6, 6.07) is 4.83. The third-order valence-corrected chi connectivity index (χ3v) is 9.41. The molecule has 3 saturated heterocycles. The maximum absolute atomic E-state index is 14.6. The first kappa shape index (κ1) is 32.9. The quantitative estimate of drug-likeness (QED) is 0.179. The third-order valence-electron chi connectivity index (χ3n) is 8.57. The summed E-state index contributed by atoms with van der Waals surface area (Å²) in [5, 5.41) is 12.4. The van der Waals surface area contributed by atoms with Crippen molar-refractivity contribution in [1.82, 2.24) is 10.2 Å². The standard InChI is InChI=1S/C32H42BrN3O7/c1-6-8-10-24(38)34-18-21(5)42-31(41)25-26-29(39)36(14-9-15-37)28(32(26)17-22(33)27(25)43-32)30(40)35(13-7-2)23-16-19(3)11-12-20(23)4/h6-7,11-12,16,21-22,25-28,37H,1-2,8-10,13-15,17-18H2,3-5H3,(H,34,38)/t21-,22?,25-,26+,27-,28-,32+/m1/s1. The Morgan fingerprint density at radius 3 is 2.72 bits per heavy atom. The largest absolute Gasteiger partial charge is 0.460 e. The molecule has 1 unspecified atom stereocenters. The molecule has 4 rings (SSSR count).